The van der Waals surface area contributed by atoms with Crippen molar-refractivity contribution >= 4 is 15.9 Å². The summed E-state index contributed by atoms with van der Waals surface area (Å²) in [5.74, 6) is 0. The minimum atomic E-state index is 0.247. The van der Waals surface area contributed by atoms with Crippen LogP contribution in [0.3, 0.4) is 0 Å². The van der Waals surface area contributed by atoms with Crippen molar-refractivity contribution < 1.29 is 4.74 Å². The molecule has 1 N–H and O–H groups in total. The van der Waals surface area contributed by atoms with E-state index in [4.69, 9.17) is 4.74 Å². The predicted molar refractivity (Wildman–Crippen MR) is 59.1 cm³/mol. The second-order valence-electron chi connectivity index (χ2n) is 4.23. The average molecular weight is 248 g/mol. The lowest BCUT2D eigenvalue weighted by atomic mass is 9.64. The van der Waals surface area contributed by atoms with E-state index in [1.54, 1.807) is 7.11 Å². The summed E-state index contributed by atoms with van der Waals surface area (Å²) >= 11 is 3.34. The quantitative estimate of drug-likeness (QED) is 0.824. The molecular weight excluding hydrogens is 230 g/mol. The number of nitrogens with one attached hydrogen (secondary N) is 1. The molecule has 2 nitrogen and oxygen atoms in total. The molecule has 1 aliphatic rings. The lowest BCUT2D eigenvalue weighted by molar-refractivity contribution is -0.0964. The van der Waals surface area contributed by atoms with Crippen LogP contribution in [0.15, 0.2) is 11.1 Å². The van der Waals surface area contributed by atoms with Crippen LogP contribution in [0.1, 0.15) is 20.3 Å². The maximum Gasteiger partial charge on any atom is 0.0652 e. The van der Waals surface area contributed by atoms with E-state index in [9.17, 15) is 0 Å². The Bertz CT molecular complexity index is 203. The van der Waals surface area contributed by atoms with Gasteiger partial charge in [-0.3, -0.25) is 0 Å². The molecule has 76 valence electrons. The van der Waals surface area contributed by atoms with E-state index in [2.05, 4.69) is 41.7 Å². The molecule has 0 saturated heterocycles. The van der Waals surface area contributed by atoms with Crippen molar-refractivity contribution in [2.24, 2.45) is 5.41 Å². The van der Waals surface area contributed by atoms with Gasteiger partial charge in [0.05, 0.1) is 6.10 Å². The molecule has 3 heteroatoms. The molecule has 0 aromatic heterocycles. The van der Waals surface area contributed by atoms with Gasteiger partial charge in [0.25, 0.3) is 0 Å². The first-order valence-electron chi connectivity index (χ1n) is 4.58. The summed E-state index contributed by atoms with van der Waals surface area (Å²) in [7, 11) is 1.78. The van der Waals surface area contributed by atoms with Gasteiger partial charge in [0.15, 0.2) is 0 Å². The van der Waals surface area contributed by atoms with Crippen LogP contribution in [-0.4, -0.2) is 25.8 Å². The number of methoxy groups -OCH3 is 1. The molecule has 0 aromatic rings. The smallest absolute Gasteiger partial charge is 0.0652 e. The molecule has 0 aliphatic heterocycles. The summed E-state index contributed by atoms with van der Waals surface area (Å²) in [5, 5.41) is 3.45. The summed E-state index contributed by atoms with van der Waals surface area (Å²) < 4.78 is 6.37. The zero-order chi connectivity index (χ0) is 10.1. The van der Waals surface area contributed by atoms with Crippen molar-refractivity contribution in [3.05, 3.63) is 11.1 Å². The van der Waals surface area contributed by atoms with Gasteiger partial charge in [0, 0.05) is 29.6 Å². The fraction of sp³-hybridized carbons (Fsp3) is 0.800. The highest BCUT2D eigenvalue weighted by Gasteiger charge is 2.47. The van der Waals surface area contributed by atoms with Gasteiger partial charge < -0.3 is 10.1 Å². The number of hydrogen-bond acceptors (Lipinski definition) is 2. The predicted octanol–water partition coefficient (Wildman–Crippen LogP) is 2.30. The molecule has 13 heavy (non-hydrogen) atoms. The number of hydrogen-bond donors (Lipinski definition) is 1. The Morgan fingerprint density at radius 2 is 2.31 bits per heavy atom. The summed E-state index contributed by atoms with van der Waals surface area (Å²) in [6, 6.07) is 0.548. The van der Waals surface area contributed by atoms with Crippen molar-refractivity contribution in [2.45, 2.75) is 32.4 Å². The minimum absolute atomic E-state index is 0.247. The fourth-order valence-corrected chi connectivity index (χ4v) is 2.03. The molecular formula is C10H18BrNO. The van der Waals surface area contributed by atoms with Crippen molar-refractivity contribution in [3.63, 3.8) is 0 Å². The number of rotatable bonds is 4. The van der Waals surface area contributed by atoms with Gasteiger partial charge in [-0.25, -0.2) is 0 Å². The lowest BCUT2D eigenvalue weighted by Gasteiger charge is -2.51. The van der Waals surface area contributed by atoms with Crippen LogP contribution in [-0.2, 0) is 4.74 Å². The van der Waals surface area contributed by atoms with Crippen LogP contribution < -0.4 is 5.32 Å². The van der Waals surface area contributed by atoms with E-state index in [1.165, 1.54) is 0 Å². The van der Waals surface area contributed by atoms with Crippen molar-refractivity contribution in [3.8, 4) is 0 Å². The molecule has 0 aromatic carbocycles. The summed E-state index contributed by atoms with van der Waals surface area (Å²) in [6.45, 7) is 9.10. The maximum atomic E-state index is 5.36. The van der Waals surface area contributed by atoms with Crippen LogP contribution in [0.2, 0.25) is 0 Å². The van der Waals surface area contributed by atoms with Gasteiger partial charge in [0.1, 0.15) is 0 Å². The van der Waals surface area contributed by atoms with E-state index >= 15 is 0 Å². The van der Waals surface area contributed by atoms with Gasteiger partial charge in [-0.1, -0.05) is 36.4 Å². The van der Waals surface area contributed by atoms with Gasteiger partial charge in [-0.05, 0) is 6.42 Å². The summed E-state index contributed by atoms with van der Waals surface area (Å²) in [4.78, 5) is 0. The highest BCUT2D eigenvalue weighted by molar-refractivity contribution is 9.11. The van der Waals surface area contributed by atoms with Gasteiger partial charge in [0.2, 0.25) is 0 Å². The van der Waals surface area contributed by atoms with Crippen LogP contribution >= 0.6 is 15.9 Å². The Morgan fingerprint density at radius 3 is 2.69 bits per heavy atom. The molecule has 1 aliphatic carbocycles. The standard InChI is InChI=1S/C10H18BrNO/c1-7(11)6-12-8-5-9(13-4)10(8,2)3/h8-9,12H,1,5-6H2,2-4H3. The molecule has 0 radical (unpaired) electrons. The van der Waals surface area contributed by atoms with E-state index in [1.807, 2.05) is 0 Å². The Hall–Kier alpha value is 0.140. The monoisotopic (exact) mass is 247 g/mol. The maximum absolute atomic E-state index is 5.36. The van der Waals surface area contributed by atoms with Gasteiger partial charge in [-0.15, -0.1) is 0 Å². The fourth-order valence-electron chi connectivity index (χ4n) is 1.87. The average Bonchev–Trinajstić information content (AvgIpc) is 2.02. The van der Waals surface area contributed by atoms with Crippen molar-refractivity contribution in [1.29, 1.82) is 0 Å². The van der Waals surface area contributed by atoms with Crippen molar-refractivity contribution in [1.82, 2.24) is 5.32 Å². The highest BCUT2D eigenvalue weighted by atomic mass is 79.9. The highest BCUT2D eigenvalue weighted by Crippen LogP contribution is 2.42. The number of halogens is 1. The van der Waals surface area contributed by atoms with Crippen molar-refractivity contribution in [2.75, 3.05) is 13.7 Å². The molecule has 2 unspecified atom stereocenters. The third-order valence-electron chi connectivity index (χ3n) is 3.00. The Labute approximate surface area is 88.9 Å². The third kappa shape index (κ3) is 2.33. The van der Waals surface area contributed by atoms with Crippen LogP contribution in [0.25, 0.3) is 0 Å². The molecule has 0 amide bonds. The summed E-state index contributed by atoms with van der Waals surface area (Å²) in [6.07, 6.45) is 1.50. The summed E-state index contributed by atoms with van der Waals surface area (Å²) in [5.41, 5.74) is 0.247. The van der Waals surface area contributed by atoms with E-state index < -0.39 is 0 Å². The Balaban J connectivity index is 2.35. The molecule has 1 fully saturated rings. The first kappa shape index (κ1) is 11.2. The van der Waals surface area contributed by atoms with Crippen LogP contribution in [0.4, 0.5) is 0 Å². The molecule has 1 rings (SSSR count). The Morgan fingerprint density at radius 1 is 1.69 bits per heavy atom. The molecule has 0 bridgehead atoms. The zero-order valence-electron chi connectivity index (χ0n) is 8.56. The number of ether oxygens (including phenoxy) is 1. The van der Waals surface area contributed by atoms with E-state index in [-0.39, 0.29) is 5.41 Å². The Kier molecular flexibility index (Phi) is 3.55. The van der Waals surface area contributed by atoms with E-state index in [0.717, 1.165) is 17.4 Å². The second kappa shape index (κ2) is 4.11. The van der Waals surface area contributed by atoms with E-state index in [0.29, 0.717) is 12.1 Å². The largest absolute Gasteiger partial charge is 0.381 e. The molecule has 0 heterocycles. The molecule has 0 spiro atoms. The lowest BCUT2D eigenvalue weighted by Crippen LogP contribution is -2.60. The van der Waals surface area contributed by atoms with Crippen LogP contribution in [0.5, 0.6) is 0 Å². The molecule has 1 saturated carbocycles. The molecule has 2 atom stereocenters. The topological polar surface area (TPSA) is 21.3 Å². The van der Waals surface area contributed by atoms with Gasteiger partial charge >= 0.3 is 0 Å². The first-order chi connectivity index (χ1) is 5.98. The van der Waals surface area contributed by atoms with Crippen LogP contribution in [0, 0.1) is 5.41 Å². The SMILES string of the molecule is C=C(Br)CNC1CC(OC)C1(C)C. The third-order valence-corrected chi connectivity index (χ3v) is 3.28. The second-order valence-corrected chi connectivity index (χ2v) is 5.35. The van der Waals surface area contributed by atoms with Gasteiger partial charge in [-0.2, -0.15) is 0 Å². The zero-order valence-corrected chi connectivity index (χ0v) is 10.1. The first-order valence-corrected chi connectivity index (χ1v) is 5.37. The normalized spacial score (nSPS) is 31.1. The minimum Gasteiger partial charge on any atom is -0.381 e.